The van der Waals surface area contributed by atoms with Crippen molar-refractivity contribution in [3.63, 3.8) is 0 Å². The Morgan fingerprint density at radius 1 is 1.24 bits per heavy atom. The number of carbonyl (C=O) groups is 1. The zero-order chi connectivity index (χ0) is 11.7. The minimum Gasteiger partial charge on any atom is -0.339 e. The van der Waals surface area contributed by atoms with E-state index in [-0.39, 0.29) is 5.91 Å². The molecule has 5 nitrogen and oxygen atoms in total. The van der Waals surface area contributed by atoms with Crippen LogP contribution in [0.3, 0.4) is 0 Å². The van der Waals surface area contributed by atoms with Crippen molar-refractivity contribution in [1.82, 2.24) is 20.1 Å². The first-order valence-electron chi connectivity index (χ1n) is 5.93. The highest BCUT2D eigenvalue weighted by Crippen LogP contribution is 2.15. The third kappa shape index (κ3) is 1.88. The summed E-state index contributed by atoms with van der Waals surface area (Å²) in [4.78, 5) is 18.3. The Kier molecular flexibility index (Phi) is 2.51. The highest BCUT2D eigenvalue weighted by molar-refractivity contribution is 5.96. The van der Waals surface area contributed by atoms with Crippen LogP contribution in [-0.2, 0) is 0 Å². The van der Waals surface area contributed by atoms with Gasteiger partial charge in [0, 0.05) is 24.7 Å². The molecule has 1 amide bonds. The van der Waals surface area contributed by atoms with Crippen LogP contribution in [0.5, 0.6) is 0 Å². The molecule has 5 heteroatoms. The van der Waals surface area contributed by atoms with Crippen molar-refractivity contribution in [2.45, 2.75) is 19.3 Å². The van der Waals surface area contributed by atoms with Gasteiger partial charge in [0.25, 0.3) is 5.91 Å². The number of pyridine rings is 1. The molecule has 88 valence electrons. The Balaban J connectivity index is 1.88. The average Bonchev–Trinajstić information content (AvgIpc) is 2.86. The van der Waals surface area contributed by atoms with Gasteiger partial charge in [-0.1, -0.05) is 0 Å². The maximum atomic E-state index is 12.2. The van der Waals surface area contributed by atoms with E-state index in [1.807, 2.05) is 11.0 Å². The molecule has 0 saturated carbocycles. The number of aromatic nitrogens is 3. The van der Waals surface area contributed by atoms with Crippen molar-refractivity contribution in [2.24, 2.45) is 0 Å². The average molecular weight is 230 g/mol. The summed E-state index contributed by atoms with van der Waals surface area (Å²) >= 11 is 0. The minimum absolute atomic E-state index is 0.0836. The van der Waals surface area contributed by atoms with Gasteiger partial charge in [-0.25, -0.2) is 4.98 Å². The Hall–Kier alpha value is -1.91. The minimum atomic E-state index is 0.0836. The first kappa shape index (κ1) is 10.3. The van der Waals surface area contributed by atoms with E-state index in [1.54, 1.807) is 12.4 Å². The molecule has 0 atom stereocenters. The predicted octanol–water partition coefficient (Wildman–Crippen LogP) is 1.58. The first-order chi connectivity index (χ1) is 8.34. The van der Waals surface area contributed by atoms with Gasteiger partial charge in [0.05, 0.1) is 11.8 Å². The van der Waals surface area contributed by atoms with E-state index in [2.05, 4.69) is 15.2 Å². The molecule has 0 aliphatic carbocycles. The maximum Gasteiger partial charge on any atom is 0.255 e. The van der Waals surface area contributed by atoms with Gasteiger partial charge in [-0.3, -0.25) is 9.89 Å². The summed E-state index contributed by atoms with van der Waals surface area (Å²) < 4.78 is 0. The van der Waals surface area contributed by atoms with Gasteiger partial charge >= 0.3 is 0 Å². The molecule has 2 aromatic heterocycles. The lowest BCUT2D eigenvalue weighted by molar-refractivity contribution is 0.0724. The molecule has 1 saturated heterocycles. The van der Waals surface area contributed by atoms with E-state index in [0.717, 1.165) is 37.0 Å². The fourth-order valence-corrected chi connectivity index (χ4v) is 2.23. The summed E-state index contributed by atoms with van der Waals surface area (Å²) in [5, 5.41) is 7.56. The molecule has 0 unspecified atom stereocenters. The van der Waals surface area contributed by atoms with Crippen molar-refractivity contribution < 1.29 is 4.79 Å². The molecule has 1 N–H and O–H groups in total. The lowest BCUT2D eigenvalue weighted by Crippen LogP contribution is -2.35. The Labute approximate surface area is 98.8 Å². The number of likely N-dealkylation sites (tertiary alicyclic amines) is 1. The van der Waals surface area contributed by atoms with Crippen molar-refractivity contribution in [1.29, 1.82) is 0 Å². The van der Waals surface area contributed by atoms with Crippen molar-refractivity contribution >= 4 is 16.9 Å². The third-order valence-electron chi connectivity index (χ3n) is 3.18. The largest absolute Gasteiger partial charge is 0.339 e. The van der Waals surface area contributed by atoms with Crippen LogP contribution in [-0.4, -0.2) is 39.1 Å². The van der Waals surface area contributed by atoms with Crippen LogP contribution in [0.25, 0.3) is 11.0 Å². The van der Waals surface area contributed by atoms with Gasteiger partial charge in [-0.05, 0) is 25.3 Å². The van der Waals surface area contributed by atoms with Crippen LogP contribution >= 0.6 is 0 Å². The van der Waals surface area contributed by atoms with Gasteiger partial charge in [-0.15, -0.1) is 0 Å². The number of amides is 1. The number of aromatic amines is 1. The molecule has 1 fully saturated rings. The molecule has 1 aliphatic rings. The quantitative estimate of drug-likeness (QED) is 0.809. The van der Waals surface area contributed by atoms with E-state index >= 15 is 0 Å². The number of fused-ring (bicyclic) bond motifs is 1. The third-order valence-corrected chi connectivity index (χ3v) is 3.18. The number of hydrogen-bond donors (Lipinski definition) is 1. The van der Waals surface area contributed by atoms with Crippen LogP contribution in [0, 0.1) is 0 Å². The fraction of sp³-hybridized carbons (Fsp3) is 0.417. The second-order valence-electron chi connectivity index (χ2n) is 4.38. The molecule has 0 radical (unpaired) electrons. The molecule has 0 aromatic carbocycles. The summed E-state index contributed by atoms with van der Waals surface area (Å²) in [6, 6.07) is 1.85. The number of nitrogens with one attached hydrogen (secondary N) is 1. The van der Waals surface area contributed by atoms with E-state index in [4.69, 9.17) is 0 Å². The highest BCUT2D eigenvalue weighted by atomic mass is 16.2. The molecule has 0 bridgehead atoms. The topological polar surface area (TPSA) is 61.9 Å². The van der Waals surface area contributed by atoms with E-state index in [1.165, 1.54) is 6.42 Å². The number of rotatable bonds is 1. The highest BCUT2D eigenvalue weighted by Gasteiger charge is 2.18. The zero-order valence-electron chi connectivity index (χ0n) is 9.52. The number of carbonyl (C=O) groups excluding carboxylic acids is 1. The van der Waals surface area contributed by atoms with Crippen molar-refractivity contribution in [3.05, 3.63) is 24.0 Å². The van der Waals surface area contributed by atoms with Crippen LogP contribution in [0.1, 0.15) is 29.6 Å². The maximum absolute atomic E-state index is 12.2. The normalized spacial score (nSPS) is 16.4. The van der Waals surface area contributed by atoms with Crippen LogP contribution in [0.15, 0.2) is 18.5 Å². The number of H-pyrrole nitrogens is 1. The Morgan fingerprint density at radius 3 is 2.88 bits per heavy atom. The van der Waals surface area contributed by atoms with Gasteiger partial charge in [-0.2, -0.15) is 5.10 Å². The van der Waals surface area contributed by atoms with Crippen molar-refractivity contribution in [3.8, 4) is 0 Å². The molecular weight excluding hydrogens is 216 g/mol. The number of hydrogen-bond acceptors (Lipinski definition) is 3. The second kappa shape index (κ2) is 4.16. The standard InChI is InChI=1S/C12H14N4O/c17-12(16-4-2-1-3-5-16)10-6-9-8-14-15-11(9)13-7-10/h6-8H,1-5H2,(H,13,14,15). The Bertz CT molecular complexity index is 542. The van der Waals surface area contributed by atoms with Gasteiger partial charge in [0.2, 0.25) is 0 Å². The van der Waals surface area contributed by atoms with Gasteiger partial charge in [0.15, 0.2) is 5.65 Å². The number of nitrogens with zero attached hydrogens (tertiary/aromatic N) is 3. The van der Waals surface area contributed by atoms with Crippen LogP contribution < -0.4 is 0 Å². The van der Waals surface area contributed by atoms with E-state index in [9.17, 15) is 4.79 Å². The van der Waals surface area contributed by atoms with E-state index < -0.39 is 0 Å². The molecule has 1 aliphatic heterocycles. The van der Waals surface area contributed by atoms with Crippen molar-refractivity contribution in [2.75, 3.05) is 13.1 Å². The zero-order valence-corrected chi connectivity index (χ0v) is 9.52. The summed E-state index contributed by atoms with van der Waals surface area (Å²) in [6.07, 6.45) is 6.75. The SMILES string of the molecule is O=C(c1cnc2[nH]ncc2c1)N1CCCCC1. The van der Waals surface area contributed by atoms with Crippen LogP contribution in [0.2, 0.25) is 0 Å². The molecule has 3 rings (SSSR count). The second-order valence-corrected chi connectivity index (χ2v) is 4.38. The lowest BCUT2D eigenvalue weighted by atomic mass is 10.1. The smallest absolute Gasteiger partial charge is 0.255 e. The first-order valence-corrected chi connectivity index (χ1v) is 5.93. The molecule has 17 heavy (non-hydrogen) atoms. The molecular formula is C12H14N4O. The van der Waals surface area contributed by atoms with E-state index in [0.29, 0.717) is 5.56 Å². The molecule has 2 aromatic rings. The number of piperidine rings is 1. The molecule has 0 spiro atoms. The lowest BCUT2D eigenvalue weighted by Gasteiger charge is -2.26. The summed E-state index contributed by atoms with van der Waals surface area (Å²) in [5.74, 6) is 0.0836. The Morgan fingerprint density at radius 2 is 2.06 bits per heavy atom. The summed E-state index contributed by atoms with van der Waals surface area (Å²) in [7, 11) is 0. The summed E-state index contributed by atoms with van der Waals surface area (Å²) in [5.41, 5.74) is 1.38. The monoisotopic (exact) mass is 230 g/mol. The summed E-state index contributed by atoms with van der Waals surface area (Å²) in [6.45, 7) is 1.73. The van der Waals surface area contributed by atoms with Crippen LogP contribution in [0.4, 0.5) is 0 Å². The predicted molar refractivity (Wildman–Crippen MR) is 63.6 cm³/mol. The molecule has 3 heterocycles. The fourth-order valence-electron chi connectivity index (χ4n) is 2.23. The van der Waals surface area contributed by atoms with Gasteiger partial charge < -0.3 is 4.90 Å². The van der Waals surface area contributed by atoms with Gasteiger partial charge in [0.1, 0.15) is 0 Å².